The molecule has 4 aromatic carbocycles. The molecule has 70 heavy (non-hydrogen) atoms. The van der Waals surface area contributed by atoms with Crippen LogP contribution in [0, 0.1) is 31.0 Å². The van der Waals surface area contributed by atoms with Gasteiger partial charge in [0.15, 0.2) is 40.0 Å². The van der Waals surface area contributed by atoms with Gasteiger partial charge in [-0.1, -0.05) is 31.4 Å². The number of carbonyl (C=O) groups is 3. The average molecular weight is 973 g/mol. The minimum atomic E-state index is -1.84. The second-order valence-electron chi connectivity index (χ2n) is 18.2. The Morgan fingerprint density at radius 1 is 0.943 bits per heavy atom. The number of esters is 2. The lowest BCUT2D eigenvalue weighted by molar-refractivity contribution is -0.162. The van der Waals surface area contributed by atoms with Gasteiger partial charge in [-0.25, -0.2) is 9.18 Å². The van der Waals surface area contributed by atoms with Crippen LogP contribution in [0.3, 0.4) is 0 Å². The first-order valence-corrected chi connectivity index (χ1v) is 24.2. The smallest absolute Gasteiger partial charge is 0.337 e. The highest BCUT2D eigenvalue weighted by Gasteiger charge is 2.63. The summed E-state index contributed by atoms with van der Waals surface area (Å²) in [6, 6.07) is 10.4. The van der Waals surface area contributed by atoms with E-state index >= 15 is 9.59 Å². The summed E-state index contributed by atoms with van der Waals surface area (Å²) >= 11 is 1.38. The molecule has 0 saturated carbocycles. The Labute approximate surface area is 409 Å². The lowest BCUT2D eigenvalue weighted by atomic mass is 9.71. The van der Waals surface area contributed by atoms with E-state index < -0.39 is 58.6 Å². The molecule has 1 amide bonds. The molecule has 4 aromatic rings. The third-order valence-corrected chi connectivity index (χ3v) is 16.1. The summed E-state index contributed by atoms with van der Waals surface area (Å²) < 4.78 is 64.6. The van der Waals surface area contributed by atoms with E-state index in [1.54, 1.807) is 25.3 Å². The van der Waals surface area contributed by atoms with Gasteiger partial charge in [0, 0.05) is 59.1 Å². The van der Waals surface area contributed by atoms with Crippen molar-refractivity contribution in [1.82, 2.24) is 14.7 Å². The molecule has 0 unspecified atom stereocenters. The molecule has 1 spiro atoms. The van der Waals surface area contributed by atoms with E-state index in [1.165, 1.54) is 55.0 Å². The van der Waals surface area contributed by atoms with E-state index in [9.17, 15) is 14.4 Å². The highest BCUT2D eigenvalue weighted by Crippen LogP contribution is 2.65. The van der Waals surface area contributed by atoms with E-state index in [-0.39, 0.29) is 56.3 Å². The molecule has 11 rings (SSSR count). The van der Waals surface area contributed by atoms with Gasteiger partial charge in [0.05, 0.1) is 37.6 Å². The minimum absolute atomic E-state index is 0.0723. The van der Waals surface area contributed by atoms with Crippen LogP contribution in [0.5, 0.6) is 40.2 Å². The van der Waals surface area contributed by atoms with Gasteiger partial charge in [0.25, 0.3) is 5.91 Å². The van der Waals surface area contributed by atoms with Crippen molar-refractivity contribution >= 4 is 29.6 Å². The standard InChI is InChI=1S/C53H53FN4O11S/c1-9-17-64-39-21-31-15-16-57(51(60)30-11-13-33(54)14-12-30)53(34(31)22-38(39)62-7)25-70-50-42-41(49-47(67-26-68-49)28(4)46(42)69-29(5)59)37(24-66-52(53)61)58-36(23-55)35-20-32-19-27(3)45(63-8)48(65-18-10-2)40(32)43(44(50)58)56(35)6/h9-14,19,21-22,35-37,43-44,50H,1-2,15-18,20,24-26H2,3-8H3/t35-,36-,37-,43-,44+,50+,53+/m0/s1. The Kier molecular flexibility index (Phi) is 12.2. The minimum Gasteiger partial charge on any atom is -0.493 e. The monoisotopic (exact) mass is 972 g/mol. The summed E-state index contributed by atoms with van der Waals surface area (Å²) in [6.45, 7) is 12.9. The van der Waals surface area contributed by atoms with Gasteiger partial charge in [-0.3, -0.25) is 19.4 Å². The fourth-order valence-electron chi connectivity index (χ4n) is 11.8. The third kappa shape index (κ3) is 7.08. The Hall–Kier alpha value is -6.74. The Morgan fingerprint density at radius 2 is 1.69 bits per heavy atom. The summed E-state index contributed by atoms with van der Waals surface area (Å²) in [6.07, 6.45) is 4.10. The van der Waals surface area contributed by atoms with Gasteiger partial charge in [0.2, 0.25) is 6.79 Å². The maximum absolute atomic E-state index is 15.9. The SMILES string of the molecule is C=CCOc1cc2c(cc1OC)[C@@]1(CS[C@@H]3c4c(OC(C)=O)c(C)c5c(c4[C@H](COC1=O)N1[C@@H]3[C@@H]3c4c(cc(C)c(OC)c4OCC=C)C[C@@H]([C@@H]1C#N)N3C)OCO5)N(C(=O)c1ccc(F)cc1)CC2. The van der Waals surface area contributed by atoms with Crippen molar-refractivity contribution in [3.63, 3.8) is 0 Å². The van der Waals surface area contributed by atoms with Gasteiger partial charge in [0.1, 0.15) is 37.4 Å². The van der Waals surface area contributed by atoms with Crippen LogP contribution in [0.2, 0.25) is 0 Å². The maximum atomic E-state index is 15.9. The largest absolute Gasteiger partial charge is 0.493 e. The van der Waals surface area contributed by atoms with Crippen molar-refractivity contribution in [2.24, 2.45) is 0 Å². The second-order valence-corrected chi connectivity index (χ2v) is 19.4. The Morgan fingerprint density at radius 3 is 2.39 bits per heavy atom. The number of likely N-dealkylation sites (N-methyl/N-ethyl adjacent to an activating group) is 1. The van der Waals surface area contributed by atoms with Gasteiger partial charge in [-0.15, -0.1) is 11.8 Å². The van der Waals surface area contributed by atoms with Crippen molar-refractivity contribution in [2.75, 3.05) is 60.2 Å². The fourth-order valence-corrected chi connectivity index (χ4v) is 13.6. The summed E-state index contributed by atoms with van der Waals surface area (Å²) in [5, 5.41) is 10.7. The number of ether oxygens (including phenoxy) is 8. The van der Waals surface area contributed by atoms with Gasteiger partial charge >= 0.3 is 11.9 Å². The molecule has 17 heteroatoms. The van der Waals surface area contributed by atoms with E-state index in [0.717, 1.165) is 22.3 Å². The zero-order chi connectivity index (χ0) is 49.3. The van der Waals surface area contributed by atoms with Crippen LogP contribution in [0.15, 0.2) is 67.8 Å². The van der Waals surface area contributed by atoms with Crippen molar-refractivity contribution in [3.8, 4) is 46.3 Å². The number of halogens is 1. The van der Waals surface area contributed by atoms with Crippen molar-refractivity contribution < 1.29 is 56.7 Å². The van der Waals surface area contributed by atoms with Gasteiger partial charge in [-0.05, 0) is 92.4 Å². The van der Waals surface area contributed by atoms with Crippen molar-refractivity contribution in [2.45, 2.75) is 74.6 Å². The summed E-state index contributed by atoms with van der Waals surface area (Å²) in [7, 11) is 5.12. The van der Waals surface area contributed by atoms with Crippen LogP contribution >= 0.6 is 11.8 Å². The molecule has 0 N–H and O–H groups in total. The molecule has 7 atom stereocenters. The molecule has 4 bridgehead atoms. The quantitative estimate of drug-likeness (QED) is 0.0879. The van der Waals surface area contributed by atoms with Crippen molar-refractivity contribution in [3.05, 3.63) is 124 Å². The predicted octanol–water partition coefficient (Wildman–Crippen LogP) is 7.40. The lowest BCUT2D eigenvalue weighted by Crippen LogP contribution is -2.69. The molecule has 364 valence electrons. The van der Waals surface area contributed by atoms with Gasteiger partial charge in [-0.2, -0.15) is 5.26 Å². The fraction of sp³-hybridized carbons (Fsp3) is 0.396. The molecular formula is C53H53FN4O11S. The number of methoxy groups -OCH3 is 2. The van der Waals surface area contributed by atoms with Crippen LogP contribution in [-0.2, 0) is 32.7 Å². The first-order valence-electron chi connectivity index (χ1n) is 23.1. The number of amides is 1. The van der Waals surface area contributed by atoms with Crippen LogP contribution in [0.4, 0.5) is 4.39 Å². The van der Waals surface area contributed by atoms with Crippen LogP contribution in [0.1, 0.15) is 79.1 Å². The first-order chi connectivity index (χ1) is 33.8. The Balaban J connectivity index is 1.27. The van der Waals surface area contributed by atoms with Crippen LogP contribution in [0.25, 0.3) is 0 Å². The van der Waals surface area contributed by atoms with Crippen LogP contribution < -0.4 is 33.2 Å². The second kappa shape index (κ2) is 18.2. The summed E-state index contributed by atoms with van der Waals surface area (Å²) in [5.74, 6) is 0.457. The molecule has 2 saturated heterocycles. The van der Waals surface area contributed by atoms with Gasteiger partial charge < -0.3 is 42.8 Å². The molecule has 7 aliphatic rings. The zero-order valence-corrected chi connectivity index (χ0v) is 40.6. The molecule has 7 heterocycles. The van der Waals surface area contributed by atoms with Crippen LogP contribution in [-0.4, -0.2) is 111 Å². The van der Waals surface area contributed by atoms with E-state index in [4.69, 9.17) is 37.9 Å². The maximum Gasteiger partial charge on any atom is 0.337 e. The van der Waals surface area contributed by atoms with E-state index in [2.05, 4.69) is 35.1 Å². The number of thioether (sulfide) groups is 1. The number of rotatable bonds is 10. The Bertz CT molecular complexity index is 2910. The number of hydrogen-bond acceptors (Lipinski definition) is 15. The molecule has 0 aromatic heterocycles. The number of fused-ring (bicyclic) bond motifs is 9. The van der Waals surface area contributed by atoms with E-state index in [0.29, 0.717) is 69.6 Å². The number of nitriles is 1. The lowest BCUT2D eigenvalue weighted by Gasteiger charge is -2.62. The summed E-state index contributed by atoms with van der Waals surface area (Å²) in [4.78, 5) is 50.3. The molecule has 2 fully saturated rings. The number of hydrogen-bond donors (Lipinski definition) is 0. The highest BCUT2D eigenvalue weighted by atomic mass is 32.2. The molecular weight excluding hydrogens is 920 g/mol. The normalized spacial score (nSPS) is 25.0. The van der Waals surface area contributed by atoms with Crippen molar-refractivity contribution in [1.29, 1.82) is 5.26 Å². The number of benzene rings is 4. The topological polar surface area (TPSA) is 159 Å². The molecule has 7 aliphatic heterocycles. The van der Waals surface area contributed by atoms with E-state index in [1.807, 2.05) is 27.0 Å². The number of nitrogens with zero attached hydrogens (tertiary/aromatic N) is 4. The molecule has 0 aliphatic carbocycles. The first kappa shape index (κ1) is 47.0. The summed E-state index contributed by atoms with van der Waals surface area (Å²) in [5.41, 5.74) is 3.96. The number of aryl methyl sites for hydroxylation is 1. The average Bonchev–Trinajstić information content (AvgIpc) is 3.85. The molecule has 15 nitrogen and oxygen atoms in total. The third-order valence-electron chi connectivity index (χ3n) is 14.7. The zero-order valence-electron chi connectivity index (χ0n) is 39.8. The predicted molar refractivity (Wildman–Crippen MR) is 255 cm³/mol. The number of piperazine rings is 1. The number of carbonyl (C=O) groups excluding carboxylic acids is 3. The highest BCUT2D eigenvalue weighted by molar-refractivity contribution is 7.99. The molecule has 0 radical (unpaired) electrons.